The third-order valence-electron chi connectivity index (χ3n) is 6.69. The van der Waals surface area contributed by atoms with E-state index in [-0.39, 0.29) is 5.75 Å². The number of quaternary nitrogens is 1. The zero-order valence-electron chi connectivity index (χ0n) is 23.3. The van der Waals surface area contributed by atoms with Crippen LogP contribution in [0.1, 0.15) is 150 Å². The number of rotatable bonds is 23. The van der Waals surface area contributed by atoms with E-state index >= 15 is 0 Å². The molecule has 0 aromatic rings. The molecule has 0 spiro atoms. The van der Waals surface area contributed by atoms with Gasteiger partial charge in [0, 0.05) is 5.75 Å². The van der Waals surface area contributed by atoms with Crippen molar-refractivity contribution in [3.05, 3.63) is 0 Å². The van der Waals surface area contributed by atoms with Crippen molar-refractivity contribution in [1.82, 2.24) is 0 Å². The molecule has 0 saturated heterocycles. The predicted molar refractivity (Wildman–Crippen MR) is 146 cm³/mol. The normalized spacial score (nSPS) is 11.9. The topological polar surface area (TPSA) is 57.2 Å². The molecule has 0 amide bonds. The van der Waals surface area contributed by atoms with Crippen molar-refractivity contribution in [2.24, 2.45) is 0 Å². The van der Waals surface area contributed by atoms with Gasteiger partial charge in [-0.2, -0.15) is 0 Å². The largest absolute Gasteiger partial charge is 0.748 e. The Bertz CT molecular complexity index is 442. The Labute approximate surface area is 209 Å². The minimum Gasteiger partial charge on any atom is -0.748 e. The average Bonchev–Trinajstić information content (AvgIpc) is 2.79. The summed E-state index contributed by atoms with van der Waals surface area (Å²) >= 11 is 0. The Hall–Kier alpha value is -0.130. The van der Waals surface area contributed by atoms with Crippen molar-refractivity contribution >= 4 is 10.1 Å². The maximum atomic E-state index is 10.3. The summed E-state index contributed by atoms with van der Waals surface area (Å²) < 4.78 is 32.4. The molecule has 0 heterocycles. The first-order chi connectivity index (χ1) is 15.8. The van der Waals surface area contributed by atoms with E-state index in [1.54, 1.807) is 0 Å². The summed E-state index contributed by atoms with van der Waals surface area (Å²) in [5, 5.41) is 0. The number of hydrogen-bond donors (Lipinski definition) is 0. The van der Waals surface area contributed by atoms with E-state index in [0.717, 1.165) is 12.8 Å². The van der Waals surface area contributed by atoms with Crippen LogP contribution in [0.2, 0.25) is 0 Å². The van der Waals surface area contributed by atoms with Gasteiger partial charge in [0.05, 0.1) is 36.3 Å². The van der Waals surface area contributed by atoms with Gasteiger partial charge in [0.15, 0.2) is 0 Å². The van der Waals surface area contributed by atoms with E-state index in [9.17, 15) is 13.0 Å². The zero-order valence-corrected chi connectivity index (χ0v) is 24.2. The van der Waals surface area contributed by atoms with Gasteiger partial charge in [-0.1, -0.05) is 118 Å². The van der Waals surface area contributed by atoms with Crippen LogP contribution >= 0.6 is 0 Å². The molecular weight excluding hydrogens is 430 g/mol. The number of hydrogen-bond acceptors (Lipinski definition) is 3. The van der Waals surface area contributed by atoms with Crippen LogP contribution < -0.4 is 0 Å². The molecule has 0 atom stereocenters. The Morgan fingerprint density at radius 2 is 0.727 bits per heavy atom. The Kier molecular flexibility index (Phi) is 26.5. The fraction of sp³-hybridized carbons (Fsp3) is 1.00. The molecule has 33 heavy (non-hydrogen) atoms. The highest BCUT2D eigenvalue weighted by atomic mass is 32.2. The molecule has 0 N–H and O–H groups in total. The Balaban J connectivity index is 0. The second-order valence-corrected chi connectivity index (χ2v) is 11.6. The quantitative estimate of drug-likeness (QED) is 0.0818. The van der Waals surface area contributed by atoms with Crippen molar-refractivity contribution in [3.63, 3.8) is 0 Å². The fourth-order valence-corrected chi connectivity index (χ4v) is 4.97. The van der Waals surface area contributed by atoms with Gasteiger partial charge >= 0.3 is 0 Å². The first-order valence-electron chi connectivity index (χ1n) is 14.6. The molecule has 0 fully saturated rings. The van der Waals surface area contributed by atoms with Gasteiger partial charge in [0.1, 0.15) is 0 Å². The summed E-state index contributed by atoms with van der Waals surface area (Å²) in [6.07, 6.45) is 22.5. The standard InChI is InChI=1S/C16H36N.C12H26O3S/c1-5-9-13-17(14-10-6-2,15-11-7-3)16-12-8-4;1-2-3-4-5-6-7-8-9-10-11-12-16(13,14)15/h5-16H2,1-4H3;2-12H2,1H3,(H,13,14,15)/q+1;/p-1. The SMILES string of the molecule is CCCCCCCCCCCCS(=O)(=O)[O-].CCCC[N+](CCCC)(CCCC)CCCC. The Morgan fingerprint density at radius 3 is 1.00 bits per heavy atom. The predicted octanol–water partition coefficient (Wildman–Crippen LogP) is 8.46. The first-order valence-corrected chi connectivity index (χ1v) is 16.2. The minimum absolute atomic E-state index is 0.191. The van der Waals surface area contributed by atoms with Crippen LogP contribution in [-0.2, 0) is 10.1 Å². The van der Waals surface area contributed by atoms with Gasteiger partial charge < -0.3 is 9.04 Å². The lowest BCUT2D eigenvalue weighted by molar-refractivity contribution is -0.929. The van der Waals surface area contributed by atoms with Crippen LogP contribution in [0.4, 0.5) is 0 Å². The zero-order chi connectivity index (χ0) is 25.3. The lowest BCUT2D eigenvalue weighted by Crippen LogP contribution is -2.50. The summed E-state index contributed by atoms with van der Waals surface area (Å²) in [5.41, 5.74) is 0. The minimum atomic E-state index is -3.98. The van der Waals surface area contributed by atoms with Gasteiger partial charge in [-0.25, -0.2) is 8.42 Å². The molecule has 0 saturated carbocycles. The molecule has 4 nitrogen and oxygen atoms in total. The highest BCUT2D eigenvalue weighted by Gasteiger charge is 2.24. The molecule has 0 aliphatic rings. The van der Waals surface area contributed by atoms with Gasteiger partial charge in [-0.05, 0) is 32.1 Å². The van der Waals surface area contributed by atoms with Crippen molar-refractivity contribution in [3.8, 4) is 0 Å². The van der Waals surface area contributed by atoms with Crippen molar-refractivity contribution in [1.29, 1.82) is 0 Å². The molecular formula is C28H61NO3S. The highest BCUT2D eigenvalue weighted by molar-refractivity contribution is 7.85. The summed E-state index contributed by atoms with van der Waals surface area (Å²) in [5.74, 6) is -0.191. The summed E-state index contributed by atoms with van der Waals surface area (Å²) in [6, 6.07) is 0. The lowest BCUT2D eigenvalue weighted by Gasteiger charge is -2.39. The first kappa shape index (κ1) is 35.0. The van der Waals surface area contributed by atoms with Gasteiger partial charge in [-0.15, -0.1) is 0 Å². The average molecular weight is 492 g/mol. The fourth-order valence-electron chi connectivity index (χ4n) is 4.41. The second-order valence-electron chi connectivity index (χ2n) is 10.1. The third-order valence-corrected chi connectivity index (χ3v) is 7.48. The monoisotopic (exact) mass is 491 g/mol. The number of nitrogens with zero attached hydrogens (tertiary/aromatic N) is 1. The van der Waals surface area contributed by atoms with Crippen LogP contribution in [0, 0.1) is 0 Å². The van der Waals surface area contributed by atoms with E-state index < -0.39 is 10.1 Å². The molecule has 202 valence electrons. The summed E-state index contributed by atoms with van der Waals surface area (Å²) in [6.45, 7) is 17.2. The molecule has 0 rings (SSSR count). The second kappa shape index (κ2) is 25.0. The molecule has 0 radical (unpaired) electrons. The van der Waals surface area contributed by atoms with Crippen LogP contribution in [0.15, 0.2) is 0 Å². The van der Waals surface area contributed by atoms with Gasteiger partial charge in [-0.3, -0.25) is 0 Å². The number of unbranched alkanes of at least 4 members (excludes halogenated alkanes) is 13. The van der Waals surface area contributed by atoms with E-state index in [4.69, 9.17) is 0 Å². The van der Waals surface area contributed by atoms with E-state index in [0.29, 0.717) is 6.42 Å². The smallest absolute Gasteiger partial charge is 0.0945 e. The van der Waals surface area contributed by atoms with Crippen LogP contribution in [0.5, 0.6) is 0 Å². The van der Waals surface area contributed by atoms with E-state index in [2.05, 4.69) is 34.6 Å². The van der Waals surface area contributed by atoms with E-state index in [1.165, 1.54) is 127 Å². The van der Waals surface area contributed by atoms with Crippen LogP contribution in [0.3, 0.4) is 0 Å². The summed E-state index contributed by atoms with van der Waals surface area (Å²) in [4.78, 5) is 0. The van der Waals surface area contributed by atoms with E-state index in [1.807, 2.05) is 0 Å². The lowest BCUT2D eigenvalue weighted by atomic mass is 10.1. The van der Waals surface area contributed by atoms with Gasteiger partial charge in [0.2, 0.25) is 0 Å². The van der Waals surface area contributed by atoms with Crippen molar-refractivity contribution in [2.45, 2.75) is 150 Å². The maximum Gasteiger partial charge on any atom is 0.0945 e. The van der Waals surface area contributed by atoms with Crippen LogP contribution in [0.25, 0.3) is 0 Å². The van der Waals surface area contributed by atoms with Gasteiger partial charge in [0.25, 0.3) is 0 Å². The molecule has 0 aliphatic heterocycles. The molecule has 0 unspecified atom stereocenters. The Morgan fingerprint density at radius 1 is 0.455 bits per heavy atom. The molecule has 0 aromatic carbocycles. The van der Waals surface area contributed by atoms with Crippen LogP contribution in [-0.4, -0.2) is 49.4 Å². The third kappa shape index (κ3) is 26.3. The molecule has 0 aromatic heterocycles. The molecule has 0 bridgehead atoms. The van der Waals surface area contributed by atoms with Crippen molar-refractivity contribution in [2.75, 3.05) is 31.9 Å². The molecule has 0 aliphatic carbocycles. The summed E-state index contributed by atoms with van der Waals surface area (Å²) in [7, 11) is -3.98. The maximum absolute atomic E-state index is 10.3. The molecule has 5 heteroatoms. The highest BCUT2D eigenvalue weighted by Crippen LogP contribution is 2.16. The van der Waals surface area contributed by atoms with Crippen molar-refractivity contribution < 1.29 is 17.5 Å².